The summed E-state index contributed by atoms with van der Waals surface area (Å²) in [6.45, 7) is -0.579. The lowest BCUT2D eigenvalue weighted by atomic mass is 9.98. The molecule has 0 aliphatic heterocycles. The molecule has 0 aliphatic carbocycles. The van der Waals surface area contributed by atoms with E-state index in [1.807, 2.05) is 0 Å². The summed E-state index contributed by atoms with van der Waals surface area (Å²) in [6, 6.07) is 2.46. The Morgan fingerprint density at radius 3 is 1.75 bits per heavy atom. The van der Waals surface area contributed by atoms with Crippen molar-refractivity contribution in [3.63, 3.8) is 0 Å². The number of halogens is 4. The number of hydrogen-bond donors (Lipinski definition) is 1. The molecule has 0 amide bonds. The zero-order valence-corrected chi connectivity index (χ0v) is 13.0. The highest BCUT2D eigenvalue weighted by Crippen LogP contribution is 2.43. The van der Waals surface area contributed by atoms with Gasteiger partial charge in [0.25, 0.3) is 0 Å². The van der Waals surface area contributed by atoms with Crippen LogP contribution in [0.3, 0.4) is 0 Å². The van der Waals surface area contributed by atoms with Crippen molar-refractivity contribution in [3.05, 3.63) is 41.0 Å². The van der Waals surface area contributed by atoms with Crippen LogP contribution in [0.25, 0.3) is 11.1 Å². The molecule has 2 rings (SSSR count). The van der Waals surface area contributed by atoms with Crippen LogP contribution < -0.4 is 14.2 Å². The van der Waals surface area contributed by atoms with Crippen molar-refractivity contribution >= 4 is 0 Å². The summed E-state index contributed by atoms with van der Waals surface area (Å²) in [5, 5.41) is 9.45. The molecule has 0 spiro atoms. The number of ether oxygens (including phenoxy) is 3. The Morgan fingerprint density at radius 1 is 0.792 bits per heavy atom. The highest BCUT2D eigenvalue weighted by molar-refractivity contribution is 5.76. The highest BCUT2D eigenvalue weighted by Gasteiger charge is 2.29. The Kier molecular flexibility index (Phi) is 5.18. The average molecular weight is 346 g/mol. The molecule has 0 radical (unpaired) electrons. The van der Waals surface area contributed by atoms with Gasteiger partial charge in [-0.2, -0.15) is 8.78 Å². The summed E-state index contributed by atoms with van der Waals surface area (Å²) in [7, 11) is 3.39. The van der Waals surface area contributed by atoms with Crippen LogP contribution in [-0.2, 0) is 6.61 Å². The van der Waals surface area contributed by atoms with E-state index in [4.69, 9.17) is 9.47 Å². The average Bonchev–Trinajstić information content (AvgIpc) is 2.59. The van der Waals surface area contributed by atoms with E-state index in [0.29, 0.717) is 0 Å². The minimum Gasteiger partial charge on any atom is -0.496 e. The molecule has 0 heterocycles. The molecule has 0 aliphatic rings. The van der Waals surface area contributed by atoms with Gasteiger partial charge < -0.3 is 19.3 Å². The molecule has 0 fully saturated rings. The third-order valence-electron chi connectivity index (χ3n) is 3.50. The van der Waals surface area contributed by atoms with Gasteiger partial charge in [-0.3, -0.25) is 0 Å². The molecular formula is C16H14F4O4. The Morgan fingerprint density at radius 2 is 1.33 bits per heavy atom. The second-order valence-corrected chi connectivity index (χ2v) is 4.65. The van der Waals surface area contributed by atoms with E-state index < -0.39 is 41.2 Å². The molecule has 2 aromatic carbocycles. The van der Waals surface area contributed by atoms with Gasteiger partial charge in [0.1, 0.15) is 11.5 Å². The van der Waals surface area contributed by atoms with Crippen LogP contribution in [-0.4, -0.2) is 26.4 Å². The van der Waals surface area contributed by atoms with Crippen molar-refractivity contribution in [1.82, 2.24) is 0 Å². The fraction of sp³-hybridized carbons (Fsp3) is 0.250. The van der Waals surface area contributed by atoms with Crippen molar-refractivity contribution in [3.8, 4) is 28.4 Å². The van der Waals surface area contributed by atoms with E-state index in [-0.39, 0.29) is 22.6 Å². The highest BCUT2D eigenvalue weighted by atomic mass is 19.2. The first-order valence-electron chi connectivity index (χ1n) is 6.67. The van der Waals surface area contributed by atoms with E-state index in [1.165, 1.54) is 26.4 Å². The van der Waals surface area contributed by atoms with Gasteiger partial charge in [-0.25, -0.2) is 8.78 Å². The molecule has 4 nitrogen and oxygen atoms in total. The summed E-state index contributed by atoms with van der Waals surface area (Å²) in [6.07, 6.45) is 0. The maximum Gasteiger partial charge on any atom is 0.204 e. The first-order valence-corrected chi connectivity index (χ1v) is 6.67. The van der Waals surface area contributed by atoms with Crippen molar-refractivity contribution < 1.29 is 36.9 Å². The number of benzene rings is 2. The van der Waals surface area contributed by atoms with Gasteiger partial charge in [0.15, 0.2) is 17.4 Å². The third kappa shape index (κ3) is 2.62. The number of methoxy groups -OCH3 is 3. The number of hydrogen-bond acceptors (Lipinski definition) is 4. The molecule has 24 heavy (non-hydrogen) atoms. The summed E-state index contributed by atoms with van der Waals surface area (Å²) >= 11 is 0. The van der Waals surface area contributed by atoms with Gasteiger partial charge in [-0.15, -0.1) is 0 Å². The molecule has 2 aromatic rings. The standard InChI is InChI=1S/C16H14F4O4/c1-22-9-5-4-7(15(23-2)8(9)6-21)10-11(17)13(19)16(24-3)14(20)12(10)18/h4-5,21H,6H2,1-3H3. The topological polar surface area (TPSA) is 47.9 Å². The van der Waals surface area contributed by atoms with Crippen molar-refractivity contribution in [2.24, 2.45) is 0 Å². The molecule has 1 N–H and O–H groups in total. The molecule has 0 atom stereocenters. The zero-order valence-electron chi connectivity index (χ0n) is 13.0. The lowest BCUT2D eigenvalue weighted by Gasteiger charge is -2.17. The Bertz CT molecular complexity index is 748. The van der Waals surface area contributed by atoms with Gasteiger partial charge in [-0.1, -0.05) is 0 Å². The van der Waals surface area contributed by atoms with Crippen LogP contribution >= 0.6 is 0 Å². The van der Waals surface area contributed by atoms with Crippen LogP contribution in [0.5, 0.6) is 17.2 Å². The molecule has 0 aromatic heterocycles. The maximum absolute atomic E-state index is 14.3. The van der Waals surface area contributed by atoms with Crippen LogP contribution in [0.4, 0.5) is 17.6 Å². The van der Waals surface area contributed by atoms with Crippen LogP contribution in [0.1, 0.15) is 5.56 Å². The molecule has 0 saturated carbocycles. The first-order chi connectivity index (χ1) is 11.4. The van der Waals surface area contributed by atoms with E-state index >= 15 is 0 Å². The Balaban J connectivity index is 2.88. The summed E-state index contributed by atoms with van der Waals surface area (Å²) < 4.78 is 70.9. The van der Waals surface area contributed by atoms with Crippen molar-refractivity contribution in [1.29, 1.82) is 0 Å². The van der Waals surface area contributed by atoms with E-state index in [9.17, 15) is 22.7 Å². The summed E-state index contributed by atoms with van der Waals surface area (Å²) in [5.41, 5.74) is -1.18. The molecule has 0 unspecified atom stereocenters. The van der Waals surface area contributed by atoms with Gasteiger partial charge in [0.05, 0.1) is 39.1 Å². The monoisotopic (exact) mass is 346 g/mol. The Labute approximate surface area is 135 Å². The molecular weight excluding hydrogens is 332 g/mol. The predicted molar refractivity (Wildman–Crippen MR) is 77.3 cm³/mol. The lowest BCUT2D eigenvalue weighted by Crippen LogP contribution is -2.06. The van der Waals surface area contributed by atoms with Crippen molar-refractivity contribution in [2.75, 3.05) is 21.3 Å². The van der Waals surface area contributed by atoms with Crippen LogP contribution in [0, 0.1) is 23.3 Å². The second-order valence-electron chi connectivity index (χ2n) is 4.65. The smallest absolute Gasteiger partial charge is 0.204 e. The maximum atomic E-state index is 14.3. The first kappa shape index (κ1) is 17.9. The zero-order chi connectivity index (χ0) is 18.0. The fourth-order valence-electron chi connectivity index (χ4n) is 2.41. The number of rotatable bonds is 5. The van der Waals surface area contributed by atoms with Gasteiger partial charge in [0, 0.05) is 5.56 Å². The largest absolute Gasteiger partial charge is 0.496 e. The van der Waals surface area contributed by atoms with Crippen LogP contribution in [0.15, 0.2) is 12.1 Å². The molecule has 130 valence electrons. The molecule has 8 heteroatoms. The quantitative estimate of drug-likeness (QED) is 0.666. The van der Waals surface area contributed by atoms with Crippen LogP contribution in [0.2, 0.25) is 0 Å². The predicted octanol–water partition coefficient (Wildman–Crippen LogP) is 3.43. The van der Waals surface area contributed by atoms with Gasteiger partial charge in [-0.05, 0) is 12.1 Å². The van der Waals surface area contributed by atoms with Gasteiger partial charge >= 0.3 is 0 Å². The number of aliphatic hydroxyl groups excluding tert-OH is 1. The van der Waals surface area contributed by atoms with E-state index in [2.05, 4.69) is 4.74 Å². The summed E-state index contributed by atoms with van der Waals surface area (Å²) in [4.78, 5) is 0. The SMILES string of the molecule is COc1ccc(-c2c(F)c(F)c(OC)c(F)c2F)c(OC)c1CO. The minimum atomic E-state index is -1.67. The van der Waals surface area contributed by atoms with Crippen molar-refractivity contribution in [2.45, 2.75) is 6.61 Å². The molecule has 0 saturated heterocycles. The Hall–Kier alpha value is -2.48. The third-order valence-corrected chi connectivity index (χ3v) is 3.50. The van der Waals surface area contributed by atoms with Gasteiger partial charge in [0.2, 0.25) is 11.6 Å². The van der Waals surface area contributed by atoms with E-state index in [1.54, 1.807) is 0 Å². The second kappa shape index (κ2) is 6.96. The lowest BCUT2D eigenvalue weighted by molar-refractivity contribution is 0.265. The summed E-state index contributed by atoms with van der Waals surface area (Å²) in [5.74, 6) is -7.77. The normalized spacial score (nSPS) is 10.7. The number of aliphatic hydroxyl groups is 1. The molecule has 0 bridgehead atoms. The minimum absolute atomic E-state index is 0.0768. The van der Waals surface area contributed by atoms with E-state index in [0.717, 1.165) is 7.11 Å². The fourth-order valence-corrected chi connectivity index (χ4v) is 2.41.